The Bertz CT molecular complexity index is 1130. The zero-order chi connectivity index (χ0) is 24.2. The van der Waals surface area contributed by atoms with Crippen LogP contribution in [0.3, 0.4) is 0 Å². The number of carbonyl (C=O) groups excluding carboxylic acids is 2. The lowest BCUT2D eigenvalue weighted by molar-refractivity contribution is -0.122. The number of hydrogen-bond donors (Lipinski definition) is 2. The second kappa shape index (κ2) is 10.4. The topological polar surface area (TPSA) is 95.6 Å². The molecule has 33 heavy (non-hydrogen) atoms. The van der Waals surface area contributed by atoms with Gasteiger partial charge in [0.1, 0.15) is 6.04 Å². The van der Waals surface area contributed by atoms with E-state index in [1.54, 1.807) is 7.05 Å². The maximum Gasteiger partial charge on any atom is 0.252 e. The van der Waals surface area contributed by atoms with Crippen molar-refractivity contribution in [3.8, 4) is 0 Å². The molecule has 2 N–H and O–H groups in total. The molecule has 7 nitrogen and oxygen atoms in total. The van der Waals surface area contributed by atoms with Crippen LogP contribution in [0.1, 0.15) is 54.1 Å². The van der Waals surface area contributed by atoms with Crippen LogP contribution in [0.15, 0.2) is 47.4 Å². The lowest BCUT2D eigenvalue weighted by Gasteiger charge is -2.30. The Morgan fingerprint density at radius 2 is 1.73 bits per heavy atom. The normalized spacial score (nSPS) is 15.8. The van der Waals surface area contributed by atoms with Crippen molar-refractivity contribution >= 4 is 21.8 Å². The Morgan fingerprint density at radius 3 is 2.36 bits per heavy atom. The van der Waals surface area contributed by atoms with Crippen molar-refractivity contribution in [1.29, 1.82) is 0 Å². The molecule has 0 heterocycles. The van der Waals surface area contributed by atoms with E-state index in [1.807, 2.05) is 0 Å². The minimum absolute atomic E-state index is 0.0182. The van der Waals surface area contributed by atoms with E-state index in [4.69, 9.17) is 0 Å². The standard InChI is InChI=1S/C23H27F2N3O4S/c1-26-23(30)21(15-11-12-19(24)20(25)14-15)27-22(29)16-7-6-10-18(13-16)33(31,32)28(2)17-8-4-3-5-9-17/h6-7,10-14,17,21H,3-5,8-9H2,1-2H3,(H,26,30)(H,27,29). The average Bonchev–Trinajstić information content (AvgIpc) is 2.83. The zero-order valence-electron chi connectivity index (χ0n) is 18.5. The summed E-state index contributed by atoms with van der Waals surface area (Å²) in [4.78, 5) is 25.2. The molecule has 2 aromatic rings. The van der Waals surface area contributed by atoms with Crippen molar-refractivity contribution in [2.45, 2.75) is 49.1 Å². The number of likely N-dealkylation sites (N-methyl/N-ethyl adjacent to an activating group) is 1. The van der Waals surface area contributed by atoms with Gasteiger partial charge in [0.05, 0.1) is 4.90 Å². The van der Waals surface area contributed by atoms with Crippen LogP contribution in [0.5, 0.6) is 0 Å². The summed E-state index contributed by atoms with van der Waals surface area (Å²) in [5.74, 6) is -3.61. The number of sulfonamides is 1. The smallest absolute Gasteiger partial charge is 0.252 e. The van der Waals surface area contributed by atoms with Gasteiger partial charge in [-0.3, -0.25) is 9.59 Å². The summed E-state index contributed by atoms with van der Waals surface area (Å²) in [6.07, 6.45) is 4.61. The SMILES string of the molecule is CNC(=O)C(NC(=O)c1cccc(S(=O)(=O)N(C)C2CCCCC2)c1)c1ccc(F)c(F)c1. The van der Waals surface area contributed by atoms with E-state index in [-0.39, 0.29) is 22.1 Å². The average molecular weight is 480 g/mol. The first-order valence-corrected chi connectivity index (χ1v) is 12.1. The molecular formula is C23H27F2N3O4S. The van der Waals surface area contributed by atoms with Crippen molar-refractivity contribution in [2.24, 2.45) is 0 Å². The molecule has 1 fully saturated rings. The Hall–Kier alpha value is -2.85. The summed E-state index contributed by atoms with van der Waals surface area (Å²) in [5.41, 5.74) is 0.0620. The zero-order valence-corrected chi connectivity index (χ0v) is 19.3. The van der Waals surface area contributed by atoms with Gasteiger partial charge >= 0.3 is 0 Å². The molecule has 1 atom stereocenters. The van der Waals surface area contributed by atoms with Gasteiger partial charge in [0.15, 0.2) is 11.6 Å². The van der Waals surface area contributed by atoms with Crippen LogP contribution in [0.4, 0.5) is 8.78 Å². The van der Waals surface area contributed by atoms with Gasteiger partial charge in [-0.2, -0.15) is 4.31 Å². The Morgan fingerprint density at radius 1 is 1.03 bits per heavy atom. The van der Waals surface area contributed by atoms with Gasteiger partial charge in [-0.1, -0.05) is 31.4 Å². The van der Waals surface area contributed by atoms with E-state index in [0.29, 0.717) is 0 Å². The molecule has 2 amide bonds. The van der Waals surface area contributed by atoms with Crippen LogP contribution < -0.4 is 10.6 Å². The highest BCUT2D eigenvalue weighted by molar-refractivity contribution is 7.89. The summed E-state index contributed by atoms with van der Waals surface area (Å²) in [7, 11) is -0.937. The van der Waals surface area contributed by atoms with Crippen molar-refractivity contribution in [2.75, 3.05) is 14.1 Å². The number of hydrogen-bond acceptors (Lipinski definition) is 4. The van der Waals surface area contributed by atoms with E-state index in [2.05, 4.69) is 10.6 Å². The van der Waals surface area contributed by atoms with E-state index in [9.17, 15) is 26.8 Å². The van der Waals surface area contributed by atoms with Crippen LogP contribution in [0, 0.1) is 11.6 Å². The van der Waals surface area contributed by atoms with Crippen LogP contribution in [-0.4, -0.2) is 44.7 Å². The quantitative estimate of drug-likeness (QED) is 0.638. The van der Waals surface area contributed by atoms with Crippen molar-refractivity contribution in [1.82, 2.24) is 14.9 Å². The lowest BCUT2D eigenvalue weighted by atomic mass is 9.96. The highest BCUT2D eigenvalue weighted by atomic mass is 32.2. The van der Waals surface area contributed by atoms with Crippen LogP contribution in [-0.2, 0) is 14.8 Å². The van der Waals surface area contributed by atoms with Crippen LogP contribution in [0.2, 0.25) is 0 Å². The minimum atomic E-state index is -3.82. The van der Waals surface area contributed by atoms with Gasteiger partial charge in [-0.15, -0.1) is 0 Å². The highest BCUT2D eigenvalue weighted by Gasteiger charge is 2.30. The van der Waals surface area contributed by atoms with Gasteiger partial charge in [0.2, 0.25) is 15.9 Å². The molecular weight excluding hydrogens is 452 g/mol. The predicted octanol–water partition coefficient (Wildman–Crippen LogP) is 3.14. The summed E-state index contributed by atoms with van der Waals surface area (Å²) in [6, 6.07) is 7.02. The molecule has 0 radical (unpaired) electrons. The van der Waals surface area contributed by atoms with E-state index >= 15 is 0 Å². The Labute approximate surface area is 192 Å². The van der Waals surface area contributed by atoms with Crippen molar-refractivity contribution in [3.63, 3.8) is 0 Å². The van der Waals surface area contributed by atoms with E-state index in [1.165, 1.54) is 41.7 Å². The first kappa shape index (κ1) is 24.8. The third-order valence-electron chi connectivity index (χ3n) is 5.92. The minimum Gasteiger partial charge on any atom is -0.357 e. The second-order valence-electron chi connectivity index (χ2n) is 8.04. The number of amides is 2. The number of benzene rings is 2. The Balaban J connectivity index is 1.85. The molecule has 0 saturated heterocycles. The number of rotatable bonds is 7. The van der Waals surface area contributed by atoms with Crippen LogP contribution in [0.25, 0.3) is 0 Å². The summed E-state index contributed by atoms with van der Waals surface area (Å²) in [6.45, 7) is 0. The fourth-order valence-electron chi connectivity index (χ4n) is 3.96. The highest BCUT2D eigenvalue weighted by Crippen LogP contribution is 2.27. The van der Waals surface area contributed by atoms with E-state index < -0.39 is 39.5 Å². The maximum atomic E-state index is 13.7. The fourth-order valence-corrected chi connectivity index (χ4v) is 5.42. The number of nitrogens with one attached hydrogen (secondary N) is 2. The Kier molecular flexibility index (Phi) is 7.80. The molecule has 1 unspecified atom stereocenters. The largest absolute Gasteiger partial charge is 0.357 e. The summed E-state index contributed by atoms with van der Waals surface area (Å²) < 4.78 is 54.6. The van der Waals surface area contributed by atoms with Gasteiger partial charge in [-0.25, -0.2) is 17.2 Å². The first-order chi connectivity index (χ1) is 15.6. The predicted molar refractivity (Wildman–Crippen MR) is 119 cm³/mol. The van der Waals surface area contributed by atoms with Crippen molar-refractivity contribution in [3.05, 3.63) is 65.2 Å². The molecule has 0 spiro atoms. The third-order valence-corrected chi connectivity index (χ3v) is 7.83. The summed E-state index contributed by atoms with van der Waals surface area (Å²) >= 11 is 0. The van der Waals surface area contributed by atoms with Gasteiger partial charge in [-0.05, 0) is 48.7 Å². The monoisotopic (exact) mass is 479 g/mol. The molecule has 1 aliphatic rings. The molecule has 0 aliphatic heterocycles. The molecule has 0 aromatic heterocycles. The summed E-state index contributed by atoms with van der Waals surface area (Å²) in [5, 5.41) is 4.84. The molecule has 1 saturated carbocycles. The molecule has 2 aromatic carbocycles. The van der Waals surface area contributed by atoms with E-state index in [0.717, 1.165) is 44.2 Å². The fraction of sp³-hybridized carbons (Fsp3) is 0.391. The molecule has 1 aliphatic carbocycles. The van der Waals surface area contributed by atoms with Gasteiger partial charge in [0, 0.05) is 25.7 Å². The number of carbonyl (C=O) groups is 2. The maximum absolute atomic E-state index is 13.7. The number of nitrogens with zero attached hydrogens (tertiary/aromatic N) is 1. The first-order valence-electron chi connectivity index (χ1n) is 10.7. The lowest BCUT2D eigenvalue weighted by Crippen LogP contribution is -2.39. The molecule has 0 bridgehead atoms. The van der Waals surface area contributed by atoms with Crippen LogP contribution >= 0.6 is 0 Å². The van der Waals surface area contributed by atoms with Gasteiger partial charge < -0.3 is 10.6 Å². The van der Waals surface area contributed by atoms with Gasteiger partial charge in [0.25, 0.3) is 5.91 Å². The third kappa shape index (κ3) is 5.56. The molecule has 178 valence electrons. The molecule has 3 rings (SSSR count). The van der Waals surface area contributed by atoms with Crippen molar-refractivity contribution < 1.29 is 26.8 Å². The second-order valence-corrected chi connectivity index (χ2v) is 10.0. The number of halogens is 2. The molecule has 10 heteroatoms.